The molecule has 2 rings (SSSR count). The molecule has 5 heteroatoms. The minimum Gasteiger partial charge on any atom is -0.478 e. The molecule has 1 aromatic rings. The molecule has 0 spiro atoms. The zero-order valence-corrected chi connectivity index (χ0v) is 9.98. The van der Waals surface area contributed by atoms with Gasteiger partial charge in [-0.2, -0.15) is 0 Å². The fraction of sp³-hybridized carbons (Fsp3) is 0.385. The fourth-order valence-electron chi connectivity index (χ4n) is 1.64. The van der Waals surface area contributed by atoms with Crippen LogP contribution in [0.1, 0.15) is 28.8 Å². The van der Waals surface area contributed by atoms with Gasteiger partial charge >= 0.3 is 5.97 Å². The van der Waals surface area contributed by atoms with Gasteiger partial charge in [-0.1, -0.05) is 12.1 Å². The number of hydrogen-bond donors (Lipinski definition) is 3. The summed E-state index contributed by atoms with van der Waals surface area (Å²) in [4.78, 5) is 22.2. The Morgan fingerprint density at radius 1 is 1.33 bits per heavy atom. The quantitative estimate of drug-likeness (QED) is 0.694. The van der Waals surface area contributed by atoms with E-state index >= 15 is 0 Å². The van der Waals surface area contributed by atoms with Gasteiger partial charge in [0.25, 0.3) is 0 Å². The van der Waals surface area contributed by atoms with Gasteiger partial charge in [0.05, 0.1) is 12.1 Å². The molecule has 1 amide bonds. The minimum atomic E-state index is -0.941. The van der Waals surface area contributed by atoms with Crippen molar-refractivity contribution in [2.45, 2.75) is 25.4 Å². The van der Waals surface area contributed by atoms with Crippen molar-refractivity contribution in [3.63, 3.8) is 0 Å². The molecule has 0 radical (unpaired) electrons. The number of benzene rings is 1. The van der Waals surface area contributed by atoms with Crippen molar-refractivity contribution in [2.75, 3.05) is 6.54 Å². The lowest BCUT2D eigenvalue weighted by Gasteiger charge is -2.06. The summed E-state index contributed by atoms with van der Waals surface area (Å²) in [5.41, 5.74) is 1.12. The number of amides is 1. The minimum absolute atomic E-state index is 0.00751. The molecule has 0 heterocycles. The van der Waals surface area contributed by atoms with Crippen molar-refractivity contribution >= 4 is 11.9 Å². The Kier molecular flexibility index (Phi) is 3.94. The highest BCUT2D eigenvalue weighted by atomic mass is 16.4. The molecule has 1 aromatic carbocycles. The summed E-state index contributed by atoms with van der Waals surface area (Å²) >= 11 is 0. The normalized spacial score (nSPS) is 14.2. The first-order valence-electron chi connectivity index (χ1n) is 5.97. The summed E-state index contributed by atoms with van der Waals surface area (Å²) in [6.07, 6.45) is 2.15. The number of carbonyl (C=O) groups excluding carboxylic acids is 1. The molecule has 0 aromatic heterocycles. The van der Waals surface area contributed by atoms with Crippen LogP contribution in [0.3, 0.4) is 0 Å². The molecule has 3 N–H and O–H groups in total. The molecule has 0 aliphatic heterocycles. The van der Waals surface area contributed by atoms with Crippen molar-refractivity contribution in [2.24, 2.45) is 0 Å². The molecule has 1 fully saturated rings. The summed E-state index contributed by atoms with van der Waals surface area (Å²) in [6.45, 7) is 0.743. The van der Waals surface area contributed by atoms with Crippen molar-refractivity contribution in [3.05, 3.63) is 35.4 Å². The summed E-state index contributed by atoms with van der Waals surface area (Å²) in [5, 5.41) is 14.7. The van der Waals surface area contributed by atoms with Crippen molar-refractivity contribution in [1.82, 2.24) is 10.6 Å². The van der Waals surface area contributed by atoms with Gasteiger partial charge in [-0.15, -0.1) is 0 Å². The van der Waals surface area contributed by atoms with E-state index in [9.17, 15) is 9.59 Å². The number of carbonyl (C=O) groups is 2. The second-order valence-corrected chi connectivity index (χ2v) is 4.45. The molecule has 1 saturated carbocycles. The van der Waals surface area contributed by atoms with Crippen LogP contribution >= 0.6 is 0 Å². The van der Waals surface area contributed by atoms with Crippen LogP contribution in [0.4, 0.5) is 0 Å². The highest BCUT2D eigenvalue weighted by Crippen LogP contribution is 2.18. The van der Waals surface area contributed by atoms with E-state index in [4.69, 9.17) is 5.11 Å². The maximum absolute atomic E-state index is 11.4. The number of hydrogen-bond acceptors (Lipinski definition) is 3. The van der Waals surface area contributed by atoms with Crippen LogP contribution in [-0.4, -0.2) is 29.6 Å². The fourth-order valence-corrected chi connectivity index (χ4v) is 1.64. The van der Waals surface area contributed by atoms with Crippen LogP contribution in [0.25, 0.3) is 0 Å². The predicted molar refractivity (Wildman–Crippen MR) is 66.3 cm³/mol. The highest BCUT2D eigenvalue weighted by Gasteiger charge is 2.22. The molecule has 0 bridgehead atoms. The molecular formula is C13H16N2O3. The highest BCUT2D eigenvalue weighted by molar-refractivity contribution is 5.87. The van der Waals surface area contributed by atoms with Crippen LogP contribution in [0.15, 0.2) is 24.3 Å². The molecule has 0 saturated heterocycles. The Morgan fingerprint density at radius 3 is 2.78 bits per heavy atom. The number of carboxylic acid groups (broad SMARTS) is 1. The smallest absolute Gasteiger partial charge is 0.335 e. The summed E-state index contributed by atoms with van der Waals surface area (Å²) in [5.74, 6) is -0.949. The Balaban J connectivity index is 1.76. The van der Waals surface area contributed by atoms with Gasteiger partial charge in [-0.3, -0.25) is 4.79 Å². The molecule has 0 atom stereocenters. The average molecular weight is 248 g/mol. The van der Waals surface area contributed by atoms with Crippen LogP contribution in [0.5, 0.6) is 0 Å². The topological polar surface area (TPSA) is 78.4 Å². The number of rotatable bonds is 6. The molecule has 1 aliphatic rings. The molecule has 1 aliphatic carbocycles. The van der Waals surface area contributed by atoms with E-state index in [1.54, 1.807) is 18.2 Å². The lowest BCUT2D eigenvalue weighted by atomic mass is 10.1. The number of carboxylic acids is 1. The summed E-state index contributed by atoms with van der Waals surface area (Å²) in [7, 11) is 0. The first-order valence-corrected chi connectivity index (χ1v) is 5.97. The van der Waals surface area contributed by atoms with E-state index in [0.29, 0.717) is 12.6 Å². The molecule has 18 heavy (non-hydrogen) atoms. The van der Waals surface area contributed by atoms with Crippen molar-refractivity contribution in [3.8, 4) is 0 Å². The van der Waals surface area contributed by atoms with Gasteiger partial charge in [0.1, 0.15) is 0 Å². The number of aromatic carboxylic acids is 1. The van der Waals surface area contributed by atoms with Crippen LogP contribution < -0.4 is 10.6 Å². The number of nitrogens with one attached hydrogen (secondary N) is 2. The van der Waals surface area contributed by atoms with Crippen LogP contribution in [-0.2, 0) is 11.3 Å². The van der Waals surface area contributed by atoms with E-state index in [1.165, 1.54) is 0 Å². The Morgan fingerprint density at radius 2 is 2.11 bits per heavy atom. The molecule has 0 unspecified atom stereocenters. The zero-order chi connectivity index (χ0) is 13.0. The first kappa shape index (κ1) is 12.6. The monoisotopic (exact) mass is 248 g/mol. The predicted octanol–water partition coefficient (Wildman–Crippen LogP) is 0.753. The van der Waals surface area contributed by atoms with Crippen LogP contribution in [0, 0.1) is 0 Å². The lowest BCUT2D eigenvalue weighted by Crippen LogP contribution is -2.34. The van der Waals surface area contributed by atoms with E-state index in [-0.39, 0.29) is 18.0 Å². The third-order valence-electron chi connectivity index (χ3n) is 2.73. The lowest BCUT2D eigenvalue weighted by molar-refractivity contribution is -0.120. The molecule has 96 valence electrons. The SMILES string of the molecule is O=C(CNCc1cccc(C(=O)O)c1)NC1CC1. The van der Waals surface area contributed by atoms with Gasteiger partial charge in [-0.25, -0.2) is 4.79 Å². The third kappa shape index (κ3) is 3.85. The van der Waals surface area contributed by atoms with Gasteiger partial charge in [0.2, 0.25) is 5.91 Å². The average Bonchev–Trinajstić information content (AvgIpc) is 3.13. The van der Waals surface area contributed by atoms with E-state index in [1.807, 2.05) is 6.07 Å². The maximum Gasteiger partial charge on any atom is 0.335 e. The van der Waals surface area contributed by atoms with Crippen molar-refractivity contribution < 1.29 is 14.7 Å². The zero-order valence-electron chi connectivity index (χ0n) is 9.98. The third-order valence-corrected chi connectivity index (χ3v) is 2.73. The first-order chi connectivity index (χ1) is 8.65. The summed E-state index contributed by atoms with van der Waals surface area (Å²) < 4.78 is 0. The van der Waals surface area contributed by atoms with Gasteiger partial charge in [0, 0.05) is 12.6 Å². The van der Waals surface area contributed by atoms with E-state index in [2.05, 4.69) is 10.6 Å². The van der Waals surface area contributed by atoms with Crippen LogP contribution in [0.2, 0.25) is 0 Å². The molecular weight excluding hydrogens is 232 g/mol. The Labute approximate surface area is 105 Å². The second kappa shape index (κ2) is 5.64. The Bertz CT molecular complexity index is 455. The molecule has 5 nitrogen and oxygen atoms in total. The maximum atomic E-state index is 11.4. The Hall–Kier alpha value is -1.88. The van der Waals surface area contributed by atoms with E-state index in [0.717, 1.165) is 18.4 Å². The van der Waals surface area contributed by atoms with Gasteiger partial charge < -0.3 is 15.7 Å². The standard InChI is InChI=1S/C13H16N2O3/c16-12(15-11-4-5-11)8-14-7-9-2-1-3-10(6-9)13(17)18/h1-3,6,11,14H,4-5,7-8H2,(H,15,16)(H,17,18). The summed E-state index contributed by atoms with van der Waals surface area (Å²) in [6, 6.07) is 7.05. The van der Waals surface area contributed by atoms with Crippen molar-refractivity contribution in [1.29, 1.82) is 0 Å². The second-order valence-electron chi connectivity index (χ2n) is 4.45. The van der Waals surface area contributed by atoms with E-state index < -0.39 is 5.97 Å². The van der Waals surface area contributed by atoms with Gasteiger partial charge in [-0.05, 0) is 30.5 Å². The largest absolute Gasteiger partial charge is 0.478 e. The van der Waals surface area contributed by atoms with Gasteiger partial charge in [0.15, 0.2) is 0 Å².